The van der Waals surface area contributed by atoms with E-state index in [0.717, 1.165) is 41.1 Å². The van der Waals surface area contributed by atoms with E-state index in [1.165, 1.54) is 6.33 Å². The lowest BCUT2D eigenvalue weighted by Gasteiger charge is -2.19. The number of aromatic nitrogens is 3. The number of nitrogens with one attached hydrogen (secondary N) is 2. The summed E-state index contributed by atoms with van der Waals surface area (Å²) in [6.45, 7) is 1.63. The summed E-state index contributed by atoms with van der Waals surface area (Å²) in [5.41, 5.74) is 1.82. The molecule has 1 saturated heterocycles. The van der Waals surface area contributed by atoms with Crippen LogP contribution in [0.15, 0.2) is 66.0 Å². The van der Waals surface area contributed by atoms with Gasteiger partial charge in [-0.05, 0) is 54.3 Å². The van der Waals surface area contributed by atoms with Crippen LogP contribution in [0.4, 0.5) is 10.8 Å². The van der Waals surface area contributed by atoms with Gasteiger partial charge in [-0.15, -0.1) is 0 Å². The molecular formula is C22H21ClN6O3S2. The molecule has 1 aliphatic rings. The molecule has 0 saturated carbocycles. The van der Waals surface area contributed by atoms with Crippen molar-refractivity contribution in [2.75, 3.05) is 22.7 Å². The molecule has 0 radical (unpaired) electrons. The van der Waals surface area contributed by atoms with Crippen LogP contribution in [-0.2, 0) is 21.4 Å². The molecule has 176 valence electrons. The molecule has 1 amide bonds. The zero-order valence-corrected chi connectivity index (χ0v) is 20.3. The zero-order valence-electron chi connectivity index (χ0n) is 17.9. The molecule has 0 unspecified atom stereocenters. The van der Waals surface area contributed by atoms with Crippen molar-refractivity contribution in [1.82, 2.24) is 19.2 Å². The lowest BCUT2D eigenvalue weighted by atomic mass is 10.2. The number of anilines is 2. The molecule has 0 aliphatic carbocycles. The number of fused-ring (bicyclic) bond motifs is 1. The Labute approximate surface area is 205 Å². The van der Waals surface area contributed by atoms with Crippen LogP contribution in [0.3, 0.4) is 0 Å². The second-order valence-corrected chi connectivity index (χ2v) is 10.9. The van der Waals surface area contributed by atoms with Gasteiger partial charge in [-0.25, -0.2) is 13.4 Å². The predicted molar refractivity (Wildman–Crippen MR) is 133 cm³/mol. The van der Waals surface area contributed by atoms with Gasteiger partial charge in [0.15, 0.2) is 0 Å². The van der Waals surface area contributed by atoms with E-state index in [0.29, 0.717) is 11.6 Å². The van der Waals surface area contributed by atoms with Gasteiger partial charge in [0.25, 0.3) is 10.0 Å². The third-order valence-corrected chi connectivity index (χ3v) is 8.00. The Bertz CT molecular complexity index is 1420. The fraction of sp³-hybridized carbons (Fsp3) is 0.227. The number of amides is 1. The maximum atomic E-state index is 12.7. The normalized spacial score (nSPS) is 16.1. The molecule has 12 heteroatoms. The Morgan fingerprint density at radius 2 is 2.00 bits per heavy atom. The summed E-state index contributed by atoms with van der Waals surface area (Å²) in [7, 11) is -3.72. The molecule has 2 aromatic carbocycles. The third kappa shape index (κ3) is 4.86. The van der Waals surface area contributed by atoms with Gasteiger partial charge in [0, 0.05) is 53.1 Å². The van der Waals surface area contributed by atoms with E-state index in [1.807, 2.05) is 35.0 Å². The van der Waals surface area contributed by atoms with E-state index in [4.69, 9.17) is 11.6 Å². The number of rotatable bonds is 7. The van der Waals surface area contributed by atoms with Crippen LogP contribution in [0.5, 0.6) is 0 Å². The van der Waals surface area contributed by atoms with Crippen LogP contribution in [0, 0.1) is 0 Å². The minimum atomic E-state index is -3.72. The van der Waals surface area contributed by atoms with E-state index < -0.39 is 10.0 Å². The Balaban J connectivity index is 1.18. The molecule has 4 aromatic rings. The standard InChI is InChI=1S/C22H21ClN6O3S2/c23-16-2-1-15-7-9-29(20(15)11-16)13-21(30)26-17-8-10-28(12-17)18-3-5-19(6-4-18)34(31,32)27-22-24-14-25-33-22/h1-7,9,11,14,17H,8,10,12-13H2,(H,26,30)(H,24,25,27)/t17-/m0/s1. The quantitative estimate of drug-likeness (QED) is 0.390. The summed E-state index contributed by atoms with van der Waals surface area (Å²) < 4.78 is 33.1. The first kappa shape index (κ1) is 22.6. The van der Waals surface area contributed by atoms with Crippen LogP contribution >= 0.6 is 23.1 Å². The maximum absolute atomic E-state index is 12.7. The van der Waals surface area contributed by atoms with Crippen LogP contribution in [0.2, 0.25) is 5.02 Å². The van der Waals surface area contributed by atoms with E-state index in [-0.39, 0.29) is 28.5 Å². The molecule has 2 N–H and O–H groups in total. The smallest absolute Gasteiger partial charge is 0.263 e. The number of carbonyl (C=O) groups is 1. The van der Waals surface area contributed by atoms with Gasteiger partial charge in [-0.3, -0.25) is 9.52 Å². The van der Waals surface area contributed by atoms with Crippen molar-refractivity contribution in [1.29, 1.82) is 0 Å². The molecular weight excluding hydrogens is 496 g/mol. The highest BCUT2D eigenvalue weighted by molar-refractivity contribution is 7.93. The Hall–Kier alpha value is -3.15. The molecule has 3 heterocycles. The molecule has 1 fully saturated rings. The van der Waals surface area contributed by atoms with Crippen molar-refractivity contribution >= 4 is 60.8 Å². The number of benzene rings is 2. The fourth-order valence-electron chi connectivity index (χ4n) is 4.06. The van der Waals surface area contributed by atoms with Crippen LogP contribution < -0.4 is 14.9 Å². The highest BCUT2D eigenvalue weighted by atomic mass is 35.5. The summed E-state index contributed by atoms with van der Waals surface area (Å²) in [5, 5.41) is 4.99. The number of hydrogen-bond donors (Lipinski definition) is 2. The van der Waals surface area contributed by atoms with Gasteiger partial charge in [-0.1, -0.05) is 17.7 Å². The Kier molecular flexibility index (Phi) is 6.15. The molecule has 1 aliphatic heterocycles. The molecule has 0 bridgehead atoms. The lowest BCUT2D eigenvalue weighted by molar-refractivity contribution is -0.122. The minimum absolute atomic E-state index is 0.0143. The van der Waals surface area contributed by atoms with Crippen molar-refractivity contribution in [3.8, 4) is 0 Å². The highest BCUT2D eigenvalue weighted by Crippen LogP contribution is 2.24. The summed E-state index contributed by atoms with van der Waals surface area (Å²) in [6, 6.07) is 14.3. The lowest BCUT2D eigenvalue weighted by Crippen LogP contribution is -2.38. The predicted octanol–water partition coefficient (Wildman–Crippen LogP) is 3.34. The first-order chi connectivity index (χ1) is 16.4. The Morgan fingerprint density at radius 1 is 1.18 bits per heavy atom. The molecule has 2 aromatic heterocycles. The SMILES string of the molecule is O=C(Cn1ccc2ccc(Cl)cc21)N[C@H]1CCN(c2ccc(S(=O)(=O)Nc3ncns3)cc2)C1. The van der Waals surface area contributed by atoms with Gasteiger partial charge in [0.05, 0.1) is 4.90 Å². The van der Waals surface area contributed by atoms with E-state index in [2.05, 4.69) is 24.3 Å². The topological polar surface area (TPSA) is 109 Å². The van der Waals surface area contributed by atoms with E-state index >= 15 is 0 Å². The first-order valence-electron chi connectivity index (χ1n) is 10.6. The summed E-state index contributed by atoms with van der Waals surface area (Å²) in [4.78, 5) is 18.8. The highest BCUT2D eigenvalue weighted by Gasteiger charge is 2.25. The average Bonchev–Trinajstić information content (AvgIpc) is 3.56. The van der Waals surface area contributed by atoms with Crippen molar-refractivity contribution in [2.24, 2.45) is 0 Å². The fourth-order valence-corrected chi connectivity index (χ4v) is 5.89. The molecule has 1 atom stereocenters. The Morgan fingerprint density at radius 3 is 2.76 bits per heavy atom. The van der Waals surface area contributed by atoms with Crippen molar-refractivity contribution < 1.29 is 13.2 Å². The monoisotopic (exact) mass is 516 g/mol. The summed E-state index contributed by atoms with van der Waals surface area (Å²) >= 11 is 7.07. The number of nitrogens with zero attached hydrogens (tertiary/aromatic N) is 4. The number of halogens is 1. The third-order valence-electron chi connectivity index (χ3n) is 5.70. The van der Waals surface area contributed by atoms with Gasteiger partial charge in [0.1, 0.15) is 12.9 Å². The molecule has 9 nitrogen and oxygen atoms in total. The zero-order chi connectivity index (χ0) is 23.7. The average molecular weight is 517 g/mol. The van der Waals surface area contributed by atoms with Gasteiger partial charge in [0.2, 0.25) is 11.0 Å². The maximum Gasteiger partial charge on any atom is 0.263 e. The first-order valence-corrected chi connectivity index (χ1v) is 13.2. The molecule has 34 heavy (non-hydrogen) atoms. The molecule has 5 rings (SSSR count). The summed E-state index contributed by atoms with van der Waals surface area (Å²) in [5.74, 6) is -0.0616. The van der Waals surface area contributed by atoms with Gasteiger partial charge >= 0.3 is 0 Å². The van der Waals surface area contributed by atoms with E-state index in [9.17, 15) is 13.2 Å². The van der Waals surface area contributed by atoms with Gasteiger partial charge in [-0.2, -0.15) is 4.37 Å². The van der Waals surface area contributed by atoms with Crippen molar-refractivity contribution in [3.05, 3.63) is 66.1 Å². The number of hydrogen-bond acceptors (Lipinski definition) is 7. The van der Waals surface area contributed by atoms with Crippen molar-refractivity contribution in [2.45, 2.75) is 23.9 Å². The van der Waals surface area contributed by atoms with Crippen LogP contribution in [0.1, 0.15) is 6.42 Å². The van der Waals surface area contributed by atoms with Crippen LogP contribution in [0.25, 0.3) is 10.9 Å². The second-order valence-electron chi connectivity index (χ2n) is 7.99. The van der Waals surface area contributed by atoms with Gasteiger partial charge < -0.3 is 14.8 Å². The number of sulfonamides is 1. The van der Waals surface area contributed by atoms with Crippen molar-refractivity contribution in [3.63, 3.8) is 0 Å². The van der Waals surface area contributed by atoms with E-state index in [1.54, 1.807) is 24.3 Å². The number of carbonyl (C=O) groups excluding carboxylic acids is 1. The molecule has 0 spiro atoms. The van der Waals surface area contributed by atoms with Crippen LogP contribution in [-0.4, -0.2) is 47.4 Å². The minimum Gasteiger partial charge on any atom is -0.369 e. The largest absolute Gasteiger partial charge is 0.369 e. The second kappa shape index (κ2) is 9.24. The summed E-state index contributed by atoms with van der Waals surface area (Å²) in [6.07, 6.45) is 3.99.